The number of rotatable bonds is 8. The number of aldehydes is 1. The van der Waals surface area contributed by atoms with Crippen molar-refractivity contribution in [3.05, 3.63) is 69.8 Å². The predicted octanol–water partition coefficient (Wildman–Crippen LogP) is 22.1. The van der Waals surface area contributed by atoms with Gasteiger partial charge in [0, 0.05) is 46.5 Å². The molecule has 3 nitrogen and oxygen atoms in total. The zero-order valence-corrected chi connectivity index (χ0v) is 46.7. The summed E-state index contributed by atoms with van der Waals surface area (Å²) in [5, 5.41) is 91.8. The number of fused-ring (bicyclic) bond motifs is 3. The van der Waals surface area contributed by atoms with E-state index in [1.165, 1.54) is 46.6 Å². The monoisotopic (exact) mass is 1080 g/mol. The van der Waals surface area contributed by atoms with Gasteiger partial charge in [0.05, 0.1) is 10.8 Å². The Morgan fingerprint density at radius 1 is 0.402 bits per heavy atom. The number of nitrogens with zero attached hydrogens (tertiary/aromatic N) is 2. The minimum Gasteiger partial charge on any atom is -0.340 e. The first-order valence-electron chi connectivity index (χ1n) is 33.1. The fraction of sp³-hybridized carbons (Fsp3) is 0.155. The van der Waals surface area contributed by atoms with Crippen LogP contribution in [0.3, 0.4) is 0 Å². The second-order valence-electron chi connectivity index (χ2n) is 31.5. The fourth-order valence-electron chi connectivity index (χ4n) is 29.3. The van der Waals surface area contributed by atoms with Crippen LogP contribution in [0.15, 0.2) is 36.4 Å². The third-order valence-corrected chi connectivity index (χ3v) is 30.3. The number of carbonyl (C=O) groups is 1. The molecular formula is C84H30N2O. The molecule has 1 fully saturated rings. The summed E-state index contributed by atoms with van der Waals surface area (Å²) in [6.45, 7) is 6.72. The number of likely N-dealkylation sites (tertiary alicyclic amines) is 1. The average molecular weight is 1080 g/mol. The molecular weight excluding hydrogens is 1050 g/mol. The normalized spacial score (nSPS) is 22.1. The van der Waals surface area contributed by atoms with E-state index in [-0.39, 0.29) is 11.5 Å². The molecule has 1 aromatic heterocycles. The van der Waals surface area contributed by atoms with Gasteiger partial charge in [0.2, 0.25) is 0 Å². The number of hydrogen-bond acceptors (Lipinski definition) is 2. The zero-order chi connectivity index (χ0) is 53.5. The van der Waals surface area contributed by atoms with Crippen LogP contribution in [0, 0.1) is 5.92 Å². The molecule has 4 unspecified atom stereocenters. The zero-order valence-electron chi connectivity index (χ0n) is 46.7. The van der Waals surface area contributed by atoms with Crippen LogP contribution in [0.4, 0.5) is 0 Å². The largest absolute Gasteiger partial charge is 0.340 e. The lowest BCUT2D eigenvalue weighted by atomic mass is 9.49. The Morgan fingerprint density at radius 2 is 0.713 bits per heavy atom. The van der Waals surface area contributed by atoms with Crippen molar-refractivity contribution in [1.82, 2.24) is 9.47 Å². The highest BCUT2D eigenvalue weighted by atomic mass is 16.1. The lowest BCUT2D eigenvalue weighted by Gasteiger charge is -2.50. The van der Waals surface area contributed by atoms with Gasteiger partial charge in [-0.2, -0.15) is 0 Å². The molecule has 4 atom stereocenters. The van der Waals surface area contributed by atoms with E-state index in [0.717, 1.165) is 31.4 Å². The first-order valence-corrected chi connectivity index (χ1v) is 33.1. The van der Waals surface area contributed by atoms with Gasteiger partial charge in [0.25, 0.3) is 0 Å². The summed E-state index contributed by atoms with van der Waals surface area (Å²) >= 11 is 0. The van der Waals surface area contributed by atoms with Gasteiger partial charge in [-0.05, 0) is 368 Å². The fourth-order valence-corrected chi connectivity index (χ4v) is 29.3. The van der Waals surface area contributed by atoms with Gasteiger partial charge in [-0.15, -0.1) is 0 Å². The van der Waals surface area contributed by atoms with Gasteiger partial charge in [-0.25, -0.2) is 0 Å². The molecule has 2 heterocycles. The summed E-state index contributed by atoms with van der Waals surface area (Å²) in [6, 6.07) is 14.6. The highest BCUT2D eigenvalue weighted by molar-refractivity contribution is 6.82. The summed E-state index contributed by atoms with van der Waals surface area (Å²) in [5.41, 5.74) is 11.0. The number of unbranched alkanes of at least 4 members (excludes halogenated alkanes) is 1. The average Bonchev–Trinajstić information content (AvgIpc) is 1.38. The molecule has 0 saturated carbocycles. The molecule has 2 spiro atoms. The quantitative estimate of drug-likeness (QED) is 0.112. The van der Waals surface area contributed by atoms with Crippen LogP contribution in [0.1, 0.15) is 83.7 Å². The molecule has 36 rings (SSSR count). The Hall–Kier alpha value is -9.67. The van der Waals surface area contributed by atoms with Gasteiger partial charge >= 0.3 is 0 Å². The Kier molecular flexibility index (Phi) is 3.76. The minimum atomic E-state index is -0.430. The van der Waals surface area contributed by atoms with E-state index in [9.17, 15) is 4.79 Å². The molecule has 1 aliphatic heterocycles. The topological polar surface area (TPSA) is 25.2 Å². The number of aromatic nitrogens is 1. The SMILES string of the molecule is CCCCC(CC)Cn1c2ccc(C=O)cc2c2cc(C3N(C)CC45c6c7c8c9c%10c%11c(c%12c%13c4c4c%14c6c6c%15c7c7c9c9c%10c%10c%16c%11c%12c%11c%12c%13c4c4c%13c%14c6c6c%14c%15c7c7c9c9c%10c%10c%16c%11c%11c%12c4c4c%13c6c6c%14c7c9c7c%10c%11c4c67)C835)ccc21. The number of benzene rings is 19. The molecule has 3 heteroatoms. The van der Waals surface area contributed by atoms with Crippen LogP contribution in [0.2, 0.25) is 0 Å². The van der Waals surface area contributed by atoms with E-state index < -0.39 is 5.41 Å². The summed E-state index contributed by atoms with van der Waals surface area (Å²) < 4.78 is 2.67. The minimum absolute atomic E-state index is 0.0400. The van der Waals surface area contributed by atoms with Crippen molar-refractivity contribution < 1.29 is 4.79 Å². The van der Waals surface area contributed by atoms with Crippen molar-refractivity contribution in [3.8, 4) is 0 Å². The van der Waals surface area contributed by atoms with Crippen molar-refractivity contribution in [1.29, 1.82) is 0 Å². The molecule has 0 amide bonds. The van der Waals surface area contributed by atoms with E-state index in [1.807, 2.05) is 0 Å². The van der Waals surface area contributed by atoms with E-state index in [4.69, 9.17) is 0 Å². The molecule has 87 heavy (non-hydrogen) atoms. The first kappa shape index (κ1) is 36.4. The van der Waals surface area contributed by atoms with Crippen LogP contribution in [0.5, 0.6) is 0 Å². The smallest absolute Gasteiger partial charge is 0.150 e. The van der Waals surface area contributed by atoms with Gasteiger partial charge in [0.15, 0.2) is 0 Å². The third kappa shape index (κ3) is 2.26. The molecule has 5 aliphatic rings. The first-order chi connectivity index (χ1) is 43.1. The maximum Gasteiger partial charge on any atom is 0.150 e. The summed E-state index contributed by atoms with van der Waals surface area (Å²) in [5.74, 6) is 0.592. The second-order valence-corrected chi connectivity index (χ2v) is 31.5. The molecule has 4 aliphatic carbocycles. The van der Waals surface area contributed by atoms with Crippen molar-refractivity contribution >= 4 is 319 Å². The molecule has 0 N–H and O–H groups in total. The maximum absolute atomic E-state index is 12.9. The Balaban J connectivity index is 0.911. The van der Waals surface area contributed by atoms with Crippen molar-refractivity contribution in [2.24, 2.45) is 5.92 Å². The Bertz CT molecular complexity index is 8600. The van der Waals surface area contributed by atoms with Crippen molar-refractivity contribution in [2.75, 3.05) is 13.6 Å². The summed E-state index contributed by atoms with van der Waals surface area (Å²) in [6.07, 6.45) is 5.97. The molecule has 30 aromatic carbocycles. The summed E-state index contributed by atoms with van der Waals surface area (Å²) in [7, 11) is 2.59. The maximum atomic E-state index is 12.9. The van der Waals surface area contributed by atoms with Gasteiger partial charge < -0.3 is 4.57 Å². The summed E-state index contributed by atoms with van der Waals surface area (Å²) in [4.78, 5) is 15.9. The van der Waals surface area contributed by atoms with E-state index >= 15 is 0 Å². The second kappa shape index (κ2) is 9.00. The standard InChI is InChI=1S/C84H30N2O/c1-4-6-7-17(5-2)14-86-22-10-8-18(15-87)12-20(22)21-13-19(9-11-23(21)86)82-84-80-73-65-53-45-36-27-25-24-26-30(27)39-46-44-35(26)37-33-28(24)31-32-29(25)34-38(36)51(53)59-57-43(34)41(32)49-48-40(31)42(33)56-58-50(37)52(44)64-66-54(46)55(47(39)45)67(65)76(80)75(66)78-71(64)69(58)72-62(56)60(48)68-61(49)63(57)74(70(59)73)81(84)77(68)79(72)83(78,84)16-85(82)3/h8-13,15,17,82H,4-7,14,16H2,1-3H3. The van der Waals surface area contributed by atoms with Gasteiger partial charge in [-0.1, -0.05) is 39.2 Å². The molecule has 382 valence electrons. The van der Waals surface area contributed by atoms with Crippen molar-refractivity contribution in [2.45, 2.75) is 62.9 Å². The Morgan fingerprint density at radius 3 is 1.10 bits per heavy atom. The molecule has 31 aromatic rings. The van der Waals surface area contributed by atoms with Crippen LogP contribution in [-0.4, -0.2) is 29.3 Å². The van der Waals surface area contributed by atoms with Crippen molar-refractivity contribution in [3.63, 3.8) is 0 Å². The van der Waals surface area contributed by atoms with E-state index in [2.05, 4.69) is 66.8 Å². The molecule has 1 saturated heterocycles. The van der Waals surface area contributed by atoms with Crippen LogP contribution in [0.25, 0.3) is 313 Å². The highest BCUT2D eigenvalue weighted by Gasteiger charge is 2.76. The van der Waals surface area contributed by atoms with E-state index in [0.29, 0.717) is 5.92 Å². The highest BCUT2D eigenvalue weighted by Crippen LogP contribution is 2.87. The number of likely N-dealkylation sites (N-methyl/N-ethyl adjacent to an activating group) is 1. The lowest BCUT2D eigenvalue weighted by molar-refractivity contribution is 0.112. The Labute approximate surface area is 482 Å². The molecule has 0 radical (unpaired) electrons. The van der Waals surface area contributed by atoms with E-state index in [1.54, 1.807) is 313 Å². The van der Waals surface area contributed by atoms with Crippen LogP contribution in [-0.2, 0) is 17.4 Å². The predicted molar refractivity (Wildman–Crippen MR) is 367 cm³/mol. The number of hydrogen-bond donors (Lipinski definition) is 0. The molecule has 0 bridgehead atoms. The van der Waals surface area contributed by atoms with Crippen LogP contribution >= 0.6 is 0 Å². The number of carbonyl (C=O) groups excluding carboxylic acids is 1. The van der Waals surface area contributed by atoms with Gasteiger partial charge in [-0.3, -0.25) is 9.69 Å². The van der Waals surface area contributed by atoms with Crippen LogP contribution < -0.4 is 0 Å². The van der Waals surface area contributed by atoms with Gasteiger partial charge in [0.1, 0.15) is 6.29 Å². The lowest BCUT2D eigenvalue weighted by Crippen LogP contribution is -2.50. The third-order valence-electron chi connectivity index (χ3n) is 30.3.